The van der Waals surface area contributed by atoms with Crippen LogP contribution in [0.4, 0.5) is 4.79 Å². The molecule has 0 aliphatic carbocycles. The third-order valence-electron chi connectivity index (χ3n) is 3.75. The van der Waals surface area contributed by atoms with Gasteiger partial charge in [-0.3, -0.25) is 0 Å². The van der Waals surface area contributed by atoms with Crippen LogP contribution >= 0.6 is 0 Å². The number of alkyl carbamates (subject to hydrolysis) is 1. The fourth-order valence-corrected chi connectivity index (χ4v) is 3.45. The first-order valence-corrected chi connectivity index (χ1v) is 10.6. The van der Waals surface area contributed by atoms with Gasteiger partial charge in [0.05, 0.1) is 7.11 Å². The summed E-state index contributed by atoms with van der Waals surface area (Å²) in [4.78, 5) is 24.2. The number of amides is 1. The Morgan fingerprint density at radius 2 is 1.70 bits per heavy atom. The first kappa shape index (κ1) is 23.2. The first-order valence-electron chi connectivity index (χ1n) is 9.16. The summed E-state index contributed by atoms with van der Waals surface area (Å²) in [5.74, 6) is -0.582. The lowest BCUT2D eigenvalue weighted by atomic mass is 10.1. The standard InChI is InChI=1S/C21H25NO7S/c1-21(2,3)28-20(24)22-18(19(23)27-4)14-15-9-8-10-16(13-15)29-30(25,26)17-11-6-5-7-12-17/h5-13,18H,14H2,1-4H3,(H,22,24)/t18-/m0/s1. The molecule has 162 valence electrons. The van der Waals surface area contributed by atoms with Crippen LogP contribution in [0.2, 0.25) is 0 Å². The predicted molar refractivity (Wildman–Crippen MR) is 110 cm³/mol. The third-order valence-corrected chi connectivity index (χ3v) is 5.01. The van der Waals surface area contributed by atoms with Crippen molar-refractivity contribution in [3.63, 3.8) is 0 Å². The molecule has 2 rings (SSSR count). The highest BCUT2D eigenvalue weighted by Gasteiger charge is 2.25. The fourth-order valence-electron chi connectivity index (χ4n) is 2.51. The summed E-state index contributed by atoms with van der Waals surface area (Å²) in [5.41, 5.74) is -0.174. The highest BCUT2D eigenvalue weighted by atomic mass is 32.2. The maximum Gasteiger partial charge on any atom is 0.408 e. The van der Waals surface area contributed by atoms with Crippen molar-refractivity contribution in [1.29, 1.82) is 0 Å². The van der Waals surface area contributed by atoms with Crippen LogP contribution in [0.5, 0.6) is 5.75 Å². The van der Waals surface area contributed by atoms with Crippen LogP contribution in [-0.2, 0) is 30.8 Å². The molecule has 0 heterocycles. The monoisotopic (exact) mass is 435 g/mol. The van der Waals surface area contributed by atoms with Gasteiger partial charge in [0.25, 0.3) is 0 Å². The van der Waals surface area contributed by atoms with Gasteiger partial charge < -0.3 is 19.0 Å². The molecule has 1 atom stereocenters. The lowest BCUT2D eigenvalue weighted by molar-refractivity contribution is -0.143. The minimum atomic E-state index is -4.00. The van der Waals surface area contributed by atoms with E-state index in [0.717, 1.165) is 0 Å². The van der Waals surface area contributed by atoms with Crippen molar-refractivity contribution in [2.75, 3.05) is 7.11 Å². The first-order chi connectivity index (χ1) is 14.0. The minimum absolute atomic E-state index is 0.0226. The Balaban J connectivity index is 2.16. The molecule has 0 aromatic heterocycles. The second kappa shape index (κ2) is 9.62. The van der Waals surface area contributed by atoms with Crippen molar-refractivity contribution in [3.8, 4) is 5.75 Å². The van der Waals surface area contributed by atoms with Crippen molar-refractivity contribution in [2.45, 2.75) is 43.7 Å². The molecule has 0 bridgehead atoms. The zero-order chi connectivity index (χ0) is 22.4. The lowest BCUT2D eigenvalue weighted by Gasteiger charge is -2.22. The summed E-state index contributed by atoms with van der Waals surface area (Å²) in [7, 11) is -2.79. The number of carbonyl (C=O) groups is 2. The van der Waals surface area contributed by atoms with E-state index >= 15 is 0 Å². The van der Waals surface area contributed by atoms with Crippen LogP contribution in [0.1, 0.15) is 26.3 Å². The molecule has 30 heavy (non-hydrogen) atoms. The molecule has 9 heteroatoms. The second-order valence-corrected chi connectivity index (χ2v) is 8.97. The molecule has 0 aliphatic heterocycles. The van der Waals surface area contributed by atoms with E-state index in [9.17, 15) is 18.0 Å². The molecule has 0 aliphatic rings. The number of esters is 1. The lowest BCUT2D eigenvalue weighted by Crippen LogP contribution is -2.45. The van der Waals surface area contributed by atoms with Crippen molar-refractivity contribution >= 4 is 22.2 Å². The largest absolute Gasteiger partial charge is 0.467 e. The van der Waals surface area contributed by atoms with Gasteiger partial charge in [-0.2, -0.15) is 8.42 Å². The number of hydrogen-bond acceptors (Lipinski definition) is 7. The molecule has 1 N–H and O–H groups in total. The summed E-state index contributed by atoms with van der Waals surface area (Å²) in [6.07, 6.45) is -0.717. The van der Waals surface area contributed by atoms with Gasteiger partial charge in [0.15, 0.2) is 0 Å². The zero-order valence-electron chi connectivity index (χ0n) is 17.2. The highest BCUT2D eigenvalue weighted by Crippen LogP contribution is 2.21. The summed E-state index contributed by atoms with van der Waals surface area (Å²) in [5, 5.41) is 2.47. The molecule has 2 aromatic rings. The Morgan fingerprint density at radius 1 is 1.03 bits per heavy atom. The average molecular weight is 435 g/mol. The highest BCUT2D eigenvalue weighted by molar-refractivity contribution is 7.87. The van der Waals surface area contributed by atoms with Gasteiger partial charge in [-0.25, -0.2) is 9.59 Å². The summed E-state index contributed by atoms with van der Waals surface area (Å²) < 4.78 is 39.9. The third kappa shape index (κ3) is 7.07. The number of hydrogen-bond donors (Lipinski definition) is 1. The van der Waals surface area contributed by atoms with Crippen molar-refractivity contribution in [2.24, 2.45) is 0 Å². The van der Waals surface area contributed by atoms with E-state index in [1.807, 2.05) is 0 Å². The Hall–Kier alpha value is -3.07. The molecule has 0 radical (unpaired) electrons. The van der Waals surface area contributed by atoms with E-state index < -0.39 is 33.8 Å². The molecule has 0 saturated carbocycles. The summed E-state index contributed by atoms with van der Waals surface area (Å²) in [6, 6.07) is 12.9. The zero-order valence-corrected chi connectivity index (χ0v) is 18.1. The molecule has 2 aromatic carbocycles. The molecule has 0 saturated heterocycles. The van der Waals surface area contributed by atoms with Crippen LogP contribution in [0, 0.1) is 0 Å². The summed E-state index contributed by atoms with van der Waals surface area (Å²) in [6.45, 7) is 5.11. The second-order valence-electron chi connectivity index (χ2n) is 7.42. The van der Waals surface area contributed by atoms with E-state index in [1.165, 1.54) is 31.4 Å². The molecule has 1 amide bonds. The number of benzene rings is 2. The van der Waals surface area contributed by atoms with Crippen LogP contribution in [-0.4, -0.2) is 39.2 Å². The number of ether oxygens (including phenoxy) is 2. The normalized spacial score (nSPS) is 12.5. The Kier molecular flexibility index (Phi) is 7.44. The van der Waals surface area contributed by atoms with Crippen molar-refractivity contribution in [1.82, 2.24) is 5.32 Å². The van der Waals surface area contributed by atoms with Gasteiger partial charge in [-0.1, -0.05) is 30.3 Å². The van der Waals surface area contributed by atoms with Gasteiger partial charge in [-0.15, -0.1) is 0 Å². The number of nitrogens with one attached hydrogen (secondary N) is 1. The smallest absolute Gasteiger partial charge is 0.408 e. The molecule has 0 unspecified atom stereocenters. The summed E-state index contributed by atoms with van der Waals surface area (Å²) >= 11 is 0. The Bertz CT molecular complexity index is 982. The average Bonchev–Trinajstić information content (AvgIpc) is 2.66. The quantitative estimate of drug-likeness (QED) is 0.526. The van der Waals surface area contributed by atoms with Gasteiger partial charge in [0, 0.05) is 6.42 Å². The van der Waals surface area contributed by atoms with E-state index in [0.29, 0.717) is 5.56 Å². The number of methoxy groups -OCH3 is 1. The molecule has 8 nitrogen and oxygen atoms in total. The minimum Gasteiger partial charge on any atom is -0.467 e. The molecular formula is C21H25NO7S. The van der Waals surface area contributed by atoms with Crippen LogP contribution in [0.15, 0.2) is 59.5 Å². The van der Waals surface area contributed by atoms with E-state index in [4.69, 9.17) is 13.7 Å². The van der Waals surface area contributed by atoms with E-state index in [1.54, 1.807) is 51.1 Å². The fraction of sp³-hybridized carbons (Fsp3) is 0.333. The Labute approximate surface area is 176 Å². The van der Waals surface area contributed by atoms with Crippen LogP contribution in [0.25, 0.3) is 0 Å². The maximum absolute atomic E-state index is 12.4. The Morgan fingerprint density at radius 3 is 2.30 bits per heavy atom. The van der Waals surface area contributed by atoms with Gasteiger partial charge in [-0.05, 0) is 50.6 Å². The van der Waals surface area contributed by atoms with E-state index in [-0.39, 0.29) is 17.1 Å². The predicted octanol–water partition coefficient (Wildman–Crippen LogP) is 3.06. The number of carbonyl (C=O) groups excluding carboxylic acids is 2. The van der Waals surface area contributed by atoms with Crippen molar-refractivity contribution in [3.05, 3.63) is 60.2 Å². The SMILES string of the molecule is COC(=O)[C@H](Cc1cccc(OS(=O)(=O)c2ccccc2)c1)NC(=O)OC(C)(C)C. The molecule has 0 spiro atoms. The van der Waals surface area contributed by atoms with Gasteiger partial charge in [0.1, 0.15) is 22.3 Å². The van der Waals surface area contributed by atoms with E-state index in [2.05, 4.69) is 5.32 Å². The van der Waals surface area contributed by atoms with Crippen LogP contribution < -0.4 is 9.50 Å². The molecular weight excluding hydrogens is 410 g/mol. The topological polar surface area (TPSA) is 108 Å². The number of rotatable bonds is 7. The van der Waals surface area contributed by atoms with Crippen molar-refractivity contribution < 1.29 is 31.7 Å². The van der Waals surface area contributed by atoms with Gasteiger partial charge in [0.2, 0.25) is 0 Å². The maximum atomic E-state index is 12.4. The van der Waals surface area contributed by atoms with Gasteiger partial charge >= 0.3 is 22.2 Å². The van der Waals surface area contributed by atoms with Crippen LogP contribution in [0.3, 0.4) is 0 Å². The molecule has 0 fully saturated rings.